The molecule has 0 aliphatic carbocycles. The predicted octanol–water partition coefficient (Wildman–Crippen LogP) is -0.0138. The molecule has 1 aliphatic rings. The maximum absolute atomic E-state index is 11.8. The summed E-state index contributed by atoms with van der Waals surface area (Å²) in [5.41, 5.74) is 0. The number of quaternary nitrogens is 2. The van der Waals surface area contributed by atoms with Gasteiger partial charge < -0.3 is 0 Å². The molecule has 1 saturated heterocycles. The van der Waals surface area contributed by atoms with E-state index in [4.69, 9.17) is 0 Å². The zero-order valence-corrected chi connectivity index (χ0v) is 9.54. The van der Waals surface area contributed by atoms with Gasteiger partial charge in [-0.25, -0.2) is 9.59 Å². The molecule has 2 amide bonds. The van der Waals surface area contributed by atoms with E-state index >= 15 is 0 Å². The molecule has 1 atom stereocenters. The summed E-state index contributed by atoms with van der Waals surface area (Å²) in [6.07, 6.45) is 1.54. The summed E-state index contributed by atoms with van der Waals surface area (Å²) in [4.78, 5) is 23.3. The highest BCUT2D eigenvalue weighted by Gasteiger charge is 2.42. The molecule has 1 unspecified atom stereocenters. The Morgan fingerprint density at radius 2 is 2.00 bits per heavy atom. The van der Waals surface area contributed by atoms with E-state index in [9.17, 15) is 9.59 Å². The number of likely N-dealkylation sites (N-methyl/N-ethyl adjacent to an activating group) is 2. The molecule has 0 bridgehead atoms. The monoisotopic (exact) mass is 200 g/mol. The van der Waals surface area contributed by atoms with Crippen molar-refractivity contribution in [2.45, 2.75) is 12.8 Å². The Morgan fingerprint density at radius 3 is 2.36 bits per heavy atom. The van der Waals surface area contributed by atoms with Gasteiger partial charge in [-0.1, -0.05) is 0 Å². The van der Waals surface area contributed by atoms with Gasteiger partial charge in [-0.15, -0.1) is 0 Å². The third-order valence-corrected chi connectivity index (χ3v) is 2.88. The standard InChI is InChI=1S/C10H20N2O2/c1-11(2,3)10(14)8-12(4)7-5-6-9(12)13/h5-8H2,1-4H3/q+2. The van der Waals surface area contributed by atoms with E-state index in [0.29, 0.717) is 21.9 Å². The second-order valence-corrected chi connectivity index (χ2v) is 5.18. The normalized spacial score (nSPS) is 28.1. The van der Waals surface area contributed by atoms with E-state index in [-0.39, 0.29) is 11.8 Å². The minimum Gasteiger partial charge on any atom is -0.263 e. The van der Waals surface area contributed by atoms with Crippen LogP contribution in [-0.2, 0) is 9.59 Å². The first-order valence-corrected chi connectivity index (χ1v) is 4.98. The van der Waals surface area contributed by atoms with Gasteiger partial charge in [0.25, 0.3) is 0 Å². The Balaban J connectivity index is 2.69. The largest absolute Gasteiger partial charge is 0.368 e. The molecular formula is C10H20N2O2+2. The molecular weight excluding hydrogens is 180 g/mol. The van der Waals surface area contributed by atoms with Crippen LogP contribution in [0, 0.1) is 0 Å². The van der Waals surface area contributed by atoms with Crippen LogP contribution in [0.2, 0.25) is 0 Å². The summed E-state index contributed by atoms with van der Waals surface area (Å²) in [7, 11) is 7.39. The van der Waals surface area contributed by atoms with Crippen molar-refractivity contribution in [3.05, 3.63) is 0 Å². The van der Waals surface area contributed by atoms with Gasteiger partial charge in [0.1, 0.15) is 0 Å². The van der Waals surface area contributed by atoms with Crippen molar-refractivity contribution in [3.8, 4) is 0 Å². The Morgan fingerprint density at radius 1 is 1.43 bits per heavy atom. The molecule has 0 radical (unpaired) electrons. The second kappa shape index (κ2) is 3.44. The van der Waals surface area contributed by atoms with Gasteiger partial charge in [-0.2, -0.15) is 0 Å². The first-order valence-electron chi connectivity index (χ1n) is 4.98. The molecule has 4 nitrogen and oxygen atoms in total. The number of nitrogens with zero attached hydrogens (tertiary/aromatic N) is 2. The molecule has 1 rings (SSSR count). The third kappa shape index (κ3) is 2.19. The van der Waals surface area contributed by atoms with E-state index in [2.05, 4.69) is 0 Å². The van der Waals surface area contributed by atoms with Crippen LogP contribution in [-0.4, -0.2) is 62.1 Å². The highest BCUT2D eigenvalue weighted by atomic mass is 16.2. The van der Waals surface area contributed by atoms with Gasteiger partial charge in [-0.3, -0.25) is 8.97 Å². The Kier molecular flexibility index (Phi) is 2.78. The fourth-order valence-corrected chi connectivity index (χ4v) is 1.65. The van der Waals surface area contributed by atoms with E-state index < -0.39 is 0 Å². The molecule has 0 aromatic carbocycles. The number of rotatable bonds is 2. The fourth-order valence-electron chi connectivity index (χ4n) is 1.65. The van der Waals surface area contributed by atoms with Crippen LogP contribution >= 0.6 is 0 Å². The lowest BCUT2D eigenvalue weighted by atomic mass is 10.3. The lowest BCUT2D eigenvalue weighted by molar-refractivity contribution is -0.847. The number of amides is 2. The molecule has 1 fully saturated rings. The second-order valence-electron chi connectivity index (χ2n) is 5.18. The number of likely N-dealkylation sites (tertiary alicyclic amines) is 1. The fraction of sp³-hybridized carbons (Fsp3) is 0.800. The number of carbonyl (C=O) groups excluding carboxylic acids is 2. The van der Waals surface area contributed by atoms with Gasteiger partial charge in [-0.05, 0) is 0 Å². The van der Waals surface area contributed by atoms with E-state index in [1.54, 1.807) is 0 Å². The molecule has 0 aromatic heterocycles. The molecule has 0 spiro atoms. The summed E-state index contributed by atoms with van der Waals surface area (Å²) in [5, 5.41) is 0. The Bertz CT molecular complexity index is 268. The lowest BCUT2D eigenvalue weighted by Gasteiger charge is -2.28. The van der Waals surface area contributed by atoms with Gasteiger partial charge in [0.15, 0.2) is 0 Å². The van der Waals surface area contributed by atoms with Crippen molar-refractivity contribution < 1.29 is 18.6 Å². The minimum atomic E-state index is 0.114. The smallest absolute Gasteiger partial charge is 0.263 e. The van der Waals surface area contributed by atoms with Gasteiger partial charge in [0.05, 0.1) is 41.2 Å². The van der Waals surface area contributed by atoms with E-state index in [1.807, 2.05) is 28.2 Å². The number of carbonyl (C=O) groups is 2. The van der Waals surface area contributed by atoms with Crippen LogP contribution in [0.1, 0.15) is 12.8 Å². The van der Waals surface area contributed by atoms with Crippen molar-refractivity contribution in [2.75, 3.05) is 41.3 Å². The first kappa shape index (κ1) is 11.3. The minimum absolute atomic E-state index is 0.114. The van der Waals surface area contributed by atoms with Crippen molar-refractivity contribution in [2.24, 2.45) is 0 Å². The molecule has 14 heavy (non-hydrogen) atoms. The van der Waals surface area contributed by atoms with Gasteiger partial charge in [0, 0.05) is 6.42 Å². The number of hydrogen-bond acceptors (Lipinski definition) is 2. The topological polar surface area (TPSA) is 34.1 Å². The summed E-state index contributed by atoms with van der Waals surface area (Å²) < 4.78 is 0.593. The SMILES string of the molecule is C[N+](C)(C)C(=O)C[N+]1(C)CCCC1=O. The molecule has 0 N–H and O–H groups in total. The molecule has 80 valence electrons. The quantitative estimate of drug-likeness (QED) is 0.587. The summed E-state index contributed by atoms with van der Waals surface area (Å²) in [5.74, 6) is 0.314. The molecule has 0 aromatic rings. The zero-order valence-electron chi connectivity index (χ0n) is 9.54. The Labute approximate surface area is 85.3 Å². The van der Waals surface area contributed by atoms with Crippen LogP contribution in [0.3, 0.4) is 0 Å². The van der Waals surface area contributed by atoms with Crippen LogP contribution in [0.15, 0.2) is 0 Å². The van der Waals surface area contributed by atoms with Crippen molar-refractivity contribution >= 4 is 11.8 Å². The van der Waals surface area contributed by atoms with Crippen LogP contribution < -0.4 is 0 Å². The molecule has 4 heteroatoms. The average Bonchev–Trinajstić information content (AvgIpc) is 2.30. The lowest BCUT2D eigenvalue weighted by Crippen LogP contribution is -2.55. The van der Waals surface area contributed by atoms with Gasteiger partial charge in [0.2, 0.25) is 6.54 Å². The van der Waals surface area contributed by atoms with Crippen molar-refractivity contribution in [1.29, 1.82) is 0 Å². The first-order chi connectivity index (χ1) is 6.26. The molecule has 1 aliphatic heterocycles. The maximum Gasteiger partial charge on any atom is 0.368 e. The van der Waals surface area contributed by atoms with Crippen LogP contribution in [0.4, 0.5) is 0 Å². The highest BCUT2D eigenvalue weighted by molar-refractivity contribution is 5.76. The summed E-state index contributed by atoms with van der Waals surface area (Å²) in [6.45, 7) is 1.15. The molecule has 1 heterocycles. The maximum atomic E-state index is 11.8. The average molecular weight is 200 g/mol. The third-order valence-electron chi connectivity index (χ3n) is 2.88. The van der Waals surface area contributed by atoms with E-state index in [1.165, 1.54) is 0 Å². The summed E-state index contributed by atoms with van der Waals surface area (Å²) in [6, 6.07) is 0. The van der Waals surface area contributed by atoms with E-state index in [0.717, 1.165) is 13.0 Å². The molecule has 0 saturated carbocycles. The summed E-state index contributed by atoms with van der Waals surface area (Å²) >= 11 is 0. The van der Waals surface area contributed by atoms with Gasteiger partial charge >= 0.3 is 11.8 Å². The number of hydrogen-bond donors (Lipinski definition) is 0. The van der Waals surface area contributed by atoms with Crippen molar-refractivity contribution in [3.63, 3.8) is 0 Å². The van der Waals surface area contributed by atoms with Crippen LogP contribution in [0.5, 0.6) is 0 Å². The Hall–Kier alpha value is -0.740. The predicted molar refractivity (Wildman–Crippen MR) is 53.2 cm³/mol. The van der Waals surface area contributed by atoms with Crippen LogP contribution in [0.25, 0.3) is 0 Å². The highest BCUT2D eigenvalue weighted by Crippen LogP contribution is 2.18. The van der Waals surface area contributed by atoms with Crippen molar-refractivity contribution in [1.82, 2.24) is 0 Å². The zero-order chi connectivity index (χ0) is 11.0.